The van der Waals surface area contributed by atoms with Gasteiger partial charge in [0.25, 0.3) is 5.91 Å². The maximum Gasteiger partial charge on any atom is 0.408 e. The van der Waals surface area contributed by atoms with E-state index < -0.39 is 42.2 Å². The third kappa shape index (κ3) is 10.4. The zero-order valence-electron chi connectivity index (χ0n) is 25.6. The van der Waals surface area contributed by atoms with Crippen molar-refractivity contribution >= 4 is 23.6 Å². The first kappa shape index (κ1) is 33.6. The van der Waals surface area contributed by atoms with E-state index in [1.807, 2.05) is 32.0 Å². The van der Waals surface area contributed by atoms with Crippen LogP contribution in [0.1, 0.15) is 82.5 Å². The SMILES string of the molecule is CCCCCCCN(C(=O)C(CO)NC(=O)OC(C)(C)C)C(C(=O)Nc1ccc(OC)cc1)c1cccc(C)c1C. The largest absolute Gasteiger partial charge is 0.497 e. The summed E-state index contributed by atoms with van der Waals surface area (Å²) in [4.78, 5) is 42.1. The van der Waals surface area contributed by atoms with Crippen LogP contribution < -0.4 is 15.4 Å². The second-order valence-corrected chi connectivity index (χ2v) is 11.2. The molecule has 0 aliphatic rings. The predicted molar refractivity (Wildman–Crippen MR) is 161 cm³/mol. The summed E-state index contributed by atoms with van der Waals surface area (Å²) in [5.41, 5.74) is 2.29. The molecule has 2 aromatic rings. The van der Waals surface area contributed by atoms with Crippen LogP contribution in [0.5, 0.6) is 5.75 Å². The van der Waals surface area contributed by atoms with Crippen molar-refractivity contribution in [2.24, 2.45) is 0 Å². The number of aliphatic hydroxyl groups excluding tert-OH is 1. The van der Waals surface area contributed by atoms with Gasteiger partial charge < -0.3 is 30.1 Å². The number of ether oxygens (including phenoxy) is 2. The van der Waals surface area contributed by atoms with E-state index in [2.05, 4.69) is 17.6 Å². The Morgan fingerprint density at radius 3 is 2.22 bits per heavy atom. The number of nitrogens with zero attached hydrogens (tertiary/aromatic N) is 1. The highest BCUT2D eigenvalue weighted by Gasteiger charge is 2.36. The van der Waals surface area contributed by atoms with Crippen molar-refractivity contribution in [3.8, 4) is 5.75 Å². The third-order valence-electron chi connectivity index (χ3n) is 6.82. The minimum Gasteiger partial charge on any atom is -0.497 e. The number of hydrogen-bond donors (Lipinski definition) is 3. The summed E-state index contributed by atoms with van der Waals surface area (Å²) in [6, 6.07) is 10.3. The molecular weight excluding hydrogens is 522 g/mol. The van der Waals surface area contributed by atoms with Crippen LogP contribution in [0, 0.1) is 13.8 Å². The number of hydrogen-bond acceptors (Lipinski definition) is 6. The van der Waals surface area contributed by atoms with Crippen molar-refractivity contribution in [2.45, 2.75) is 91.3 Å². The molecule has 9 heteroatoms. The second-order valence-electron chi connectivity index (χ2n) is 11.2. The van der Waals surface area contributed by atoms with E-state index in [1.54, 1.807) is 52.1 Å². The van der Waals surface area contributed by atoms with Crippen LogP contribution in [-0.4, -0.2) is 59.8 Å². The number of aryl methyl sites for hydroxylation is 1. The molecule has 3 N–H and O–H groups in total. The van der Waals surface area contributed by atoms with E-state index in [4.69, 9.17) is 9.47 Å². The number of alkyl carbamates (subject to hydrolysis) is 1. The monoisotopic (exact) mass is 569 g/mol. The van der Waals surface area contributed by atoms with Crippen LogP contribution in [-0.2, 0) is 14.3 Å². The number of carbonyl (C=O) groups excluding carboxylic acids is 3. The minimum atomic E-state index is -1.29. The Labute approximate surface area is 244 Å². The standard InChI is InChI=1S/C32H47N3O6/c1-8-9-10-11-12-20-35(30(38)27(21-36)34-31(39)41-32(4,5)6)28(26-15-13-14-22(2)23(26)3)29(37)33-24-16-18-25(40-7)19-17-24/h13-19,27-28,36H,8-12,20-21H2,1-7H3,(H,33,37)(H,34,39). The highest BCUT2D eigenvalue weighted by molar-refractivity contribution is 5.99. The van der Waals surface area contributed by atoms with Gasteiger partial charge >= 0.3 is 6.09 Å². The average molecular weight is 570 g/mol. The fourth-order valence-corrected chi connectivity index (χ4v) is 4.49. The molecule has 0 aliphatic heterocycles. The molecule has 3 amide bonds. The Kier molecular flexibility index (Phi) is 13.1. The van der Waals surface area contributed by atoms with E-state index in [0.29, 0.717) is 23.4 Å². The maximum absolute atomic E-state index is 14.0. The van der Waals surface area contributed by atoms with Gasteiger partial charge in [-0.2, -0.15) is 0 Å². The van der Waals surface area contributed by atoms with Crippen molar-refractivity contribution < 1.29 is 29.0 Å². The molecule has 0 radical (unpaired) electrons. The Morgan fingerprint density at radius 2 is 1.63 bits per heavy atom. The molecule has 2 unspecified atom stereocenters. The molecule has 0 bridgehead atoms. The molecule has 0 spiro atoms. The van der Waals surface area contributed by atoms with Gasteiger partial charge in [-0.15, -0.1) is 0 Å². The quantitative estimate of drug-likeness (QED) is 0.252. The number of methoxy groups -OCH3 is 1. The first-order valence-electron chi connectivity index (χ1n) is 14.3. The highest BCUT2D eigenvalue weighted by atomic mass is 16.6. The molecule has 2 aromatic carbocycles. The summed E-state index contributed by atoms with van der Waals surface area (Å²) in [5.74, 6) is -0.318. The van der Waals surface area contributed by atoms with Gasteiger partial charge in [0.05, 0.1) is 13.7 Å². The Morgan fingerprint density at radius 1 is 0.976 bits per heavy atom. The summed E-state index contributed by atoms with van der Waals surface area (Å²) in [5, 5.41) is 15.6. The number of nitrogens with one attached hydrogen (secondary N) is 2. The first-order chi connectivity index (χ1) is 19.4. The fraction of sp³-hybridized carbons (Fsp3) is 0.531. The lowest BCUT2D eigenvalue weighted by atomic mass is 9.94. The lowest BCUT2D eigenvalue weighted by molar-refractivity contribution is -0.141. The number of carbonyl (C=O) groups is 3. The van der Waals surface area contributed by atoms with Crippen LogP contribution in [0.4, 0.5) is 10.5 Å². The van der Waals surface area contributed by atoms with E-state index in [9.17, 15) is 19.5 Å². The van der Waals surface area contributed by atoms with Gasteiger partial charge in [0.1, 0.15) is 23.4 Å². The highest BCUT2D eigenvalue weighted by Crippen LogP contribution is 2.29. The van der Waals surface area contributed by atoms with Crippen molar-refractivity contribution in [2.75, 3.05) is 25.6 Å². The number of aliphatic hydroxyl groups is 1. The maximum atomic E-state index is 14.0. The summed E-state index contributed by atoms with van der Waals surface area (Å²) in [6.45, 7) is 10.8. The van der Waals surface area contributed by atoms with Crippen molar-refractivity contribution in [3.05, 3.63) is 59.2 Å². The lowest BCUT2D eigenvalue weighted by Crippen LogP contribution is -2.54. The van der Waals surface area contributed by atoms with E-state index in [-0.39, 0.29) is 6.54 Å². The van der Waals surface area contributed by atoms with Crippen LogP contribution in [0.15, 0.2) is 42.5 Å². The van der Waals surface area contributed by atoms with Crippen molar-refractivity contribution in [1.29, 1.82) is 0 Å². The van der Waals surface area contributed by atoms with Gasteiger partial charge in [-0.3, -0.25) is 9.59 Å². The van der Waals surface area contributed by atoms with Crippen molar-refractivity contribution in [1.82, 2.24) is 10.2 Å². The third-order valence-corrected chi connectivity index (χ3v) is 6.82. The molecule has 226 valence electrons. The molecule has 0 heterocycles. The van der Waals surface area contributed by atoms with Gasteiger partial charge in [-0.1, -0.05) is 50.8 Å². The number of anilines is 1. The molecular formula is C32H47N3O6. The van der Waals surface area contributed by atoms with Crippen LogP contribution in [0.2, 0.25) is 0 Å². The molecule has 2 atom stereocenters. The molecule has 0 aliphatic carbocycles. The van der Waals surface area contributed by atoms with E-state index >= 15 is 0 Å². The number of benzene rings is 2. The molecule has 0 saturated carbocycles. The number of unbranched alkanes of at least 4 members (excludes halogenated alkanes) is 4. The molecule has 2 rings (SSSR count). The summed E-state index contributed by atoms with van der Waals surface area (Å²) in [6.07, 6.45) is 3.87. The Bertz CT molecular complexity index is 1140. The summed E-state index contributed by atoms with van der Waals surface area (Å²) < 4.78 is 10.6. The van der Waals surface area contributed by atoms with Crippen molar-refractivity contribution in [3.63, 3.8) is 0 Å². The zero-order chi connectivity index (χ0) is 30.6. The van der Waals surface area contributed by atoms with Crippen LogP contribution in [0.25, 0.3) is 0 Å². The Hall–Kier alpha value is -3.59. The number of rotatable bonds is 14. The van der Waals surface area contributed by atoms with Gasteiger partial charge in [0, 0.05) is 12.2 Å². The average Bonchev–Trinajstić information content (AvgIpc) is 2.92. The summed E-state index contributed by atoms with van der Waals surface area (Å²) >= 11 is 0. The first-order valence-corrected chi connectivity index (χ1v) is 14.3. The van der Waals surface area contributed by atoms with Gasteiger partial charge in [0.2, 0.25) is 5.91 Å². The predicted octanol–water partition coefficient (Wildman–Crippen LogP) is 5.68. The minimum absolute atomic E-state index is 0.267. The second kappa shape index (κ2) is 16.0. The summed E-state index contributed by atoms with van der Waals surface area (Å²) in [7, 11) is 1.57. The molecule has 0 saturated heterocycles. The van der Waals surface area contributed by atoms with E-state index in [0.717, 1.165) is 36.8 Å². The van der Waals surface area contributed by atoms with Gasteiger partial charge in [0.15, 0.2) is 0 Å². The van der Waals surface area contributed by atoms with Crippen LogP contribution >= 0.6 is 0 Å². The van der Waals surface area contributed by atoms with Gasteiger partial charge in [-0.25, -0.2) is 4.79 Å². The fourth-order valence-electron chi connectivity index (χ4n) is 4.49. The molecule has 9 nitrogen and oxygen atoms in total. The normalized spacial score (nSPS) is 12.7. The molecule has 41 heavy (non-hydrogen) atoms. The van der Waals surface area contributed by atoms with Crippen LogP contribution in [0.3, 0.4) is 0 Å². The molecule has 0 aromatic heterocycles. The zero-order valence-corrected chi connectivity index (χ0v) is 25.6. The molecule has 0 fully saturated rings. The topological polar surface area (TPSA) is 117 Å². The van der Waals surface area contributed by atoms with E-state index in [1.165, 1.54) is 4.90 Å². The Balaban J connectivity index is 2.51. The smallest absolute Gasteiger partial charge is 0.408 e. The number of amides is 3. The van der Waals surface area contributed by atoms with Gasteiger partial charge in [-0.05, 0) is 82.0 Å². The lowest BCUT2D eigenvalue weighted by Gasteiger charge is -2.35.